The van der Waals surface area contributed by atoms with Crippen LogP contribution in [0.15, 0.2) is 0 Å². The molecule has 1 N–H and O–H groups in total. The summed E-state index contributed by atoms with van der Waals surface area (Å²) in [6.07, 6.45) is 1.24. The van der Waals surface area contributed by atoms with Crippen LogP contribution in [-0.4, -0.2) is 52.5 Å². The van der Waals surface area contributed by atoms with Gasteiger partial charge in [0.15, 0.2) is 0 Å². The van der Waals surface area contributed by atoms with Crippen molar-refractivity contribution in [2.45, 2.75) is 57.5 Å². The normalized spacial score (nSPS) is 29.2. The molecule has 0 radical (unpaired) electrons. The van der Waals surface area contributed by atoms with Crippen molar-refractivity contribution in [3.05, 3.63) is 0 Å². The minimum Gasteiger partial charge on any atom is -0.467 e. The number of methoxy groups -OCH3 is 1. The molecule has 0 saturated carbocycles. The van der Waals surface area contributed by atoms with Crippen molar-refractivity contribution < 1.29 is 19.1 Å². The number of hydrogen-bond acceptors (Lipinski definition) is 5. The van der Waals surface area contributed by atoms with Gasteiger partial charge in [-0.1, -0.05) is 20.8 Å². The summed E-state index contributed by atoms with van der Waals surface area (Å²) in [6, 6.07) is -1.25. The highest BCUT2D eigenvalue weighted by atomic mass is 32.2. The Hall–Kier alpha value is -1.24. The van der Waals surface area contributed by atoms with E-state index in [1.165, 1.54) is 7.11 Å². The fourth-order valence-corrected chi connectivity index (χ4v) is 4.43. The van der Waals surface area contributed by atoms with Gasteiger partial charge in [0, 0.05) is 12.2 Å². The molecule has 7 heteroatoms. The lowest BCUT2D eigenvalue weighted by Gasteiger charge is -2.33. The summed E-state index contributed by atoms with van der Waals surface area (Å²) in [4.78, 5) is 38.1. The average Bonchev–Trinajstić information content (AvgIpc) is 2.91. The number of carbonyl (C=O) groups is 3. The number of nitrogens with zero attached hydrogens (tertiary/aromatic N) is 1. The second-order valence-corrected chi connectivity index (χ2v) is 8.60. The maximum absolute atomic E-state index is 12.6. The SMILES string of the molecule is COC(=O)[C@H](NC(=O)[C@@H]1CS[C@]2(C)CCC(=O)N12)C(C)(C)C. The third-order valence-electron chi connectivity index (χ3n) is 4.34. The van der Waals surface area contributed by atoms with Gasteiger partial charge in [-0.25, -0.2) is 4.79 Å². The lowest BCUT2D eigenvalue weighted by molar-refractivity contribution is -0.149. The average molecular weight is 328 g/mol. The molecule has 0 aromatic carbocycles. The Kier molecular flexibility index (Phi) is 4.48. The fourth-order valence-electron chi connectivity index (χ4n) is 3.00. The molecule has 0 spiro atoms. The third kappa shape index (κ3) is 2.95. The molecule has 0 unspecified atom stereocenters. The summed E-state index contributed by atoms with van der Waals surface area (Å²) in [5.41, 5.74) is -0.465. The zero-order valence-corrected chi connectivity index (χ0v) is 14.6. The van der Waals surface area contributed by atoms with Crippen LogP contribution < -0.4 is 5.32 Å². The molecule has 2 fully saturated rings. The van der Waals surface area contributed by atoms with Crippen molar-refractivity contribution in [3.8, 4) is 0 Å². The van der Waals surface area contributed by atoms with E-state index in [0.717, 1.165) is 6.42 Å². The summed E-state index contributed by atoms with van der Waals surface area (Å²) >= 11 is 1.63. The molecule has 0 aromatic rings. The Morgan fingerprint density at radius 3 is 2.64 bits per heavy atom. The van der Waals surface area contributed by atoms with Crippen LogP contribution >= 0.6 is 11.8 Å². The molecule has 2 aliphatic rings. The number of esters is 1. The minimum atomic E-state index is -0.737. The number of amides is 2. The molecule has 2 aliphatic heterocycles. The van der Waals surface area contributed by atoms with Crippen molar-refractivity contribution in [2.24, 2.45) is 5.41 Å². The maximum Gasteiger partial charge on any atom is 0.328 e. The van der Waals surface area contributed by atoms with Crippen molar-refractivity contribution in [1.82, 2.24) is 10.2 Å². The highest BCUT2D eigenvalue weighted by Gasteiger charge is 2.53. The fraction of sp³-hybridized carbons (Fsp3) is 0.800. The van der Waals surface area contributed by atoms with Crippen LogP contribution in [0, 0.1) is 5.41 Å². The van der Waals surface area contributed by atoms with E-state index < -0.39 is 23.5 Å². The van der Waals surface area contributed by atoms with E-state index in [1.807, 2.05) is 27.7 Å². The van der Waals surface area contributed by atoms with Gasteiger partial charge in [-0.15, -0.1) is 11.8 Å². The molecule has 6 nitrogen and oxygen atoms in total. The van der Waals surface area contributed by atoms with E-state index in [9.17, 15) is 14.4 Å². The first kappa shape index (κ1) is 17.1. The van der Waals surface area contributed by atoms with Gasteiger partial charge in [-0.05, 0) is 18.8 Å². The highest BCUT2D eigenvalue weighted by Crippen LogP contribution is 2.47. The molecule has 0 aromatic heterocycles. The van der Waals surface area contributed by atoms with E-state index in [-0.39, 0.29) is 16.7 Å². The van der Waals surface area contributed by atoms with Gasteiger partial charge in [0.05, 0.1) is 12.0 Å². The quantitative estimate of drug-likeness (QED) is 0.787. The molecule has 2 amide bonds. The van der Waals surface area contributed by atoms with Gasteiger partial charge >= 0.3 is 5.97 Å². The molecule has 2 rings (SSSR count). The van der Waals surface area contributed by atoms with Crippen LogP contribution in [0.2, 0.25) is 0 Å². The van der Waals surface area contributed by atoms with Crippen molar-refractivity contribution in [2.75, 3.05) is 12.9 Å². The van der Waals surface area contributed by atoms with Crippen LogP contribution in [0.5, 0.6) is 0 Å². The predicted molar refractivity (Wildman–Crippen MR) is 84.1 cm³/mol. The summed E-state index contributed by atoms with van der Waals surface area (Å²) in [7, 11) is 1.31. The predicted octanol–water partition coefficient (Wildman–Crippen LogP) is 1.14. The number of rotatable bonds is 3. The Bertz CT molecular complexity index is 502. The first-order chi connectivity index (χ1) is 10.1. The number of hydrogen-bond donors (Lipinski definition) is 1. The van der Waals surface area contributed by atoms with Gasteiger partial charge < -0.3 is 15.0 Å². The van der Waals surface area contributed by atoms with Crippen molar-refractivity contribution >= 4 is 29.5 Å². The van der Waals surface area contributed by atoms with Gasteiger partial charge in [0.2, 0.25) is 11.8 Å². The van der Waals surface area contributed by atoms with Gasteiger partial charge in [-0.2, -0.15) is 0 Å². The van der Waals surface area contributed by atoms with Gasteiger partial charge in [-0.3, -0.25) is 9.59 Å². The summed E-state index contributed by atoms with van der Waals surface area (Å²) < 4.78 is 4.79. The lowest BCUT2D eigenvalue weighted by Crippen LogP contribution is -2.56. The van der Waals surface area contributed by atoms with E-state index in [2.05, 4.69) is 5.32 Å². The topological polar surface area (TPSA) is 75.7 Å². The third-order valence-corrected chi connectivity index (χ3v) is 5.84. The zero-order chi connectivity index (χ0) is 16.7. The van der Waals surface area contributed by atoms with Gasteiger partial charge in [0.25, 0.3) is 0 Å². The van der Waals surface area contributed by atoms with Crippen molar-refractivity contribution in [3.63, 3.8) is 0 Å². The van der Waals surface area contributed by atoms with Crippen LogP contribution in [0.1, 0.15) is 40.5 Å². The largest absolute Gasteiger partial charge is 0.467 e. The monoisotopic (exact) mass is 328 g/mol. The summed E-state index contributed by atoms with van der Waals surface area (Å²) in [5.74, 6) is -0.177. The van der Waals surface area contributed by atoms with Crippen LogP contribution in [0.25, 0.3) is 0 Å². The molecule has 0 bridgehead atoms. The van der Waals surface area contributed by atoms with E-state index in [0.29, 0.717) is 12.2 Å². The summed E-state index contributed by atoms with van der Waals surface area (Å²) in [6.45, 7) is 7.59. The second kappa shape index (κ2) is 5.76. The smallest absolute Gasteiger partial charge is 0.328 e. The molecule has 2 heterocycles. The standard InChI is InChI=1S/C15H24N2O4S/c1-14(2,3)11(13(20)21-5)16-12(19)9-8-22-15(4)7-6-10(18)17(9)15/h9,11H,6-8H2,1-5H3,(H,16,19)/t9-,11-,15+/m0/s1. The minimum absolute atomic E-state index is 0.0121. The van der Waals surface area contributed by atoms with Crippen LogP contribution in [0.4, 0.5) is 0 Å². The number of thioether (sulfide) groups is 1. The highest BCUT2D eigenvalue weighted by molar-refractivity contribution is 8.01. The summed E-state index contributed by atoms with van der Waals surface area (Å²) in [5, 5.41) is 2.78. The van der Waals surface area contributed by atoms with Gasteiger partial charge in [0.1, 0.15) is 12.1 Å². The maximum atomic E-state index is 12.6. The van der Waals surface area contributed by atoms with Crippen LogP contribution in [-0.2, 0) is 19.1 Å². The van der Waals surface area contributed by atoms with E-state index in [4.69, 9.17) is 4.74 Å². The van der Waals surface area contributed by atoms with E-state index in [1.54, 1.807) is 16.7 Å². The Balaban J connectivity index is 2.15. The van der Waals surface area contributed by atoms with E-state index >= 15 is 0 Å². The molecule has 0 aliphatic carbocycles. The zero-order valence-electron chi connectivity index (χ0n) is 13.8. The second-order valence-electron chi connectivity index (χ2n) is 7.10. The van der Waals surface area contributed by atoms with Crippen molar-refractivity contribution in [1.29, 1.82) is 0 Å². The molecular weight excluding hydrogens is 304 g/mol. The number of nitrogens with one attached hydrogen (secondary N) is 1. The Morgan fingerprint density at radius 2 is 2.09 bits per heavy atom. The molecule has 22 heavy (non-hydrogen) atoms. The number of carbonyl (C=O) groups excluding carboxylic acids is 3. The molecular formula is C15H24N2O4S. The first-order valence-electron chi connectivity index (χ1n) is 7.44. The Morgan fingerprint density at radius 1 is 1.45 bits per heavy atom. The molecule has 3 atom stereocenters. The molecule has 124 valence electrons. The lowest BCUT2D eigenvalue weighted by atomic mass is 9.86. The Labute approximate surface area is 135 Å². The first-order valence-corrected chi connectivity index (χ1v) is 8.43. The molecule has 2 saturated heterocycles. The number of ether oxygens (including phenoxy) is 1. The van der Waals surface area contributed by atoms with Crippen LogP contribution in [0.3, 0.4) is 0 Å². The number of fused-ring (bicyclic) bond motifs is 1.